The molecule has 1 atom stereocenters. The van der Waals surface area contributed by atoms with Gasteiger partial charge < -0.3 is 5.32 Å². The van der Waals surface area contributed by atoms with E-state index in [0.29, 0.717) is 5.82 Å². The first-order valence-electron chi connectivity index (χ1n) is 5.05. The Hall–Kier alpha value is -1.97. The number of nitrogens with zero attached hydrogens (tertiary/aromatic N) is 2. The Bertz CT molecular complexity index is 459. The van der Waals surface area contributed by atoms with E-state index < -0.39 is 0 Å². The summed E-state index contributed by atoms with van der Waals surface area (Å²) in [5.74, 6) is 0.449. The number of nitrogens with one attached hydrogen (secondary N) is 1. The van der Waals surface area contributed by atoms with E-state index in [-0.39, 0.29) is 11.9 Å². The highest BCUT2D eigenvalue weighted by atomic mass is 19.1. The fourth-order valence-corrected chi connectivity index (χ4v) is 1.46. The Morgan fingerprint density at radius 3 is 2.81 bits per heavy atom. The van der Waals surface area contributed by atoms with Crippen LogP contribution in [0.15, 0.2) is 42.6 Å². The van der Waals surface area contributed by atoms with Gasteiger partial charge in [0.25, 0.3) is 0 Å². The molecule has 0 saturated heterocycles. The van der Waals surface area contributed by atoms with Gasteiger partial charge in [-0.2, -0.15) is 5.10 Å². The van der Waals surface area contributed by atoms with E-state index in [4.69, 9.17) is 0 Å². The Labute approximate surface area is 93.3 Å². The third kappa shape index (κ3) is 2.53. The summed E-state index contributed by atoms with van der Waals surface area (Å²) >= 11 is 0. The van der Waals surface area contributed by atoms with Gasteiger partial charge in [0, 0.05) is 6.20 Å². The molecule has 4 heteroatoms. The summed E-state index contributed by atoms with van der Waals surface area (Å²) in [5, 5.41) is 10.8. The van der Waals surface area contributed by atoms with E-state index >= 15 is 0 Å². The van der Waals surface area contributed by atoms with Gasteiger partial charge in [0.2, 0.25) is 0 Å². The lowest BCUT2D eigenvalue weighted by Crippen LogP contribution is -2.08. The number of hydrogen-bond acceptors (Lipinski definition) is 3. The molecule has 2 rings (SSSR count). The summed E-state index contributed by atoms with van der Waals surface area (Å²) in [7, 11) is 0. The van der Waals surface area contributed by atoms with E-state index in [0.717, 1.165) is 5.56 Å². The minimum Gasteiger partial charge on any atom is -0.362 e. The molecule has 0 aliphatic heterocycles. The largest absolute Gasteiger partial charge is 0.362 e. The van der Waals surface area contributed by atoms with E-state index in [1.165, 1.54) is 12.1 Å². The third-order valence-corrected chi connectivity index (χ3v) is 2.29. The first-order valence-corrected chi connectivity index (χ1v) is 5.05. The van der Waals surface area contributed by atoms with Gasteiger partial charge in [-0.3, -0.25) is 0 Å². The molecule has 1 aromatic heterocycles. The minimum atomic E-state index is -0.231. The van der Waals surface area contributed by atoms with Crippen molar-refractivity contribution in [3.05, 3.63) is 54.0 Å². The van der Waals surface area contributed by atoms with E-state index in [2.05, 4.69) is 15.5 Å². The van der Waals surface area contributed by atoms with Crippen molar-refractivity contribution >= 4 is 5.82 Å². The molecule has 0 aliphatic carbocycles. The molecular weight excluding hydrogens is 205 g/mol. The molecule has 0 amide bonds. The molecule has 3 nitrogen and oxygen atoms in total. The van der Waals surface area contributed by atoms with Crippen LogP contribution >= 0.6 is 0 Å². The first-order chi connectivity index (χ1) is 7.75. The SMILES string of the molecule is CC(Nc1cccnn1)c1cccc(F)c1. The smallest absolute Gasteiger partial charge is 0.149 e. The highest BCUT2D eigenvalue weighted by Gasteiger charge is 2.06. The molecule has 2 aromatic rings. The zero-order chi connectivity index (χ0) is 11.4. The van der Waals surface area contributed by atoms with Crippen LogP contribution in [0.4, 0.5) is 10.2 Å². The molecule has 0 aliphatic rings. The fraction of sp³-hybridized carbons (Fsp3) is 0.167. The average molecular weight is 217 g/mol. The van der Waals surface area contributed by atoms with E-state index in [1.54, 1.807) is 18.3 Å². The van der Waals surface area contributed by atoms with Gasteiger partial charge in [0.05, 0.1) is 6.04 Å². The Balaban J connectivity index is 2.12. The van der Waals surface area contributed by atoms with Gasteiger partial charge in [0.15, 0.2) is 0 Å². The zero-order valence-electron chi connectivity index (χ0n) is 8.89. The maximum Gasteiger partial charge on any atom is 0.149 e. The maximum absolute atomic E-state index is 13.0. The molecule has 0 spiro atoms. The van der Waals surface area contributed by atoms with Crippen LogP contribution in [0.5, 0.6) is 0 Å². The number of hydrogen-bond donors (Lipinski definition) is 1. The van der Waals surface area contributed by atoms with Crippen molar-refractivity contribution in [3.63, 3.8) is 0 Å². The van der Waals surface area contributed by atoms with Gasteiger partial charge in [0.1, 0.15) is 11.6 Å². The van der Waals surface area contributed by atoms with Crippen molar-refractivity contribution in [1.29, 1.82) is 0 Å². The van der Waals surface area contributed by atoms with Crippen LogP contribution in [0, 0.1) is 5.82 Å². The van der Waals surface area contributed by atoms with Crippen LogP contribution in [0.2, 0.25) is 0 Å². The molecule has 0 radical (unpaired) electrons. The van der Waals surface area contributed by atoms with Crippen molar-refractivity contribution in [2.24, 2.45) is 0 Å². The van der Waals surface area contributed by atoms with Gasteiger partial charge in [-0.15, -0.1) is 5.10 Å². The Kier molecular flexibility index (Phi) is 3.10. The number of anilines is 1. The van der Waals surface area contributed by atoms with Crippen LogP contribution < -0.4 is 5.32 Å². The molecule has 0 fully saturated rings. The summed E-state index contributed by atoms with van der Waals surface area (Å²) < 4.78 is 13.0. The number of halogens is 1. The number of rotatable bonds is 3. The van der Waals surface area contributed by atoms with Crippen molar-refractivity contribution in [3.8, 4) is 0 Å². The molecule has 16 heavy (non-hydrogen) atoms. The van der Waals surface area contributed by atoms with Gasteiger partial charge in [-0.05, 0) is 36.8 Å². The van der Waals surface area contributed by atoms with E-state index in [9.17, 15) is 4.39 Å². The second-order valence-corrected chi connectivity index (χ2v) is 3.53. The van der Waals surface area contributed by atoms with Gasteiger partial charge in [-0.25, -0.2) is 4.39 Å². The molecule has 1 N–H and O–H groups in total. The summed E-state index contributed by atoms with van der Waals surface area (Å²) in [4.78, 5) is 0. The molecular formula is C12H12FN3. The molecule has 1 aromatic carbocycles. The first kappa shape index (κ1) is 10.5. The monoisotopic (exact) mass is 217 g/mol. The lowest BCUT2D eigenvalue weighted by molar-refractivity contribution is 0.623. The van der Waals surface area contributed by atoms with Crippen molar-refractivity contribution in [2.75, 3.05) is 5.32 Å². The summed E-state index contributed by atoms with van der Waals surface area (Å²) in [6, 6.07) is 10.1. The lowest BCUT2D eigenvalue weighted by atomic mass is 10.1. The quantitative estimate of drug-likeness (QED) is 0.859. The molecule has 0 bridgehead atoms. The number of aromatic nitrogens is 2. The van der Waals surface area contributed by atoms with Crippen molar-refractivity contribution in [2.45, 2.75) is 13.0 Å². The Morgan fingerprint density at radius 2 is 2.12 bits per heavy atom. The average Bonchev–Trinajstić information content (AvgIpc) is 2.30. The predicted molar refractivity (Wildman–Crippen MR) is 60.5 cm³/mol. The standard InChI is InChI=1S/C12H12FN3/c1-9(10-4-2-5-11(13)8-10)15-12-6-3-7-14-16-12/h2-9H,1H3,(H,15,16). The maximum atomic E-state index is 13.0. The van der Waals surface area contributed by atoms with Gasteiger partial charge >= 0.3 is 0 Å². The summed E-state index contributed by atoms with van der Waals surface area (Å²) in [6.07, 6.45) is 1.61. The predicted octanol–water partition coefficient (Wildman–Crippen LogP) is 2.79. The topological polar surface area (TPSA) is 37.8 Å². The normalized spacial score (nSPS) is 12.1. The van der Waals surface area contributed by atoms with E-state index in [1.807, 2.05) is 19.1 Å². The minimum absolute atomic E-state index is 0.00704. The third-order valence-electron chi connectivity index (χ3n) is 2.29. The van der Waals surface area contributed by atoms with Crippen LogP contribution in [0.25, 0.3) is 0 Å². The second kappa shape index (κ2) is 4.70. The van der Waals surface area contributed by atoms with Crippen LogP contribution in [0.3, 0.4) is 0 Å². The lowest BCUT2D eigenvalue weighted by Gasteiger charge is -2.14. The molecule has 0 saturated carbocycles. The van der Waals surface area contributed by atoms with Gasteiger partial charge in [-0.1, -0.05) is 12.1 Å². The summed E-state index contributed by atoms with van der Waals surface area (Å²) in [6.45, 7) is 1.95. The van der Waals surface area contributed by atoms with Crippen LogP contribution in [0.1, 0.15) is 18.5 Å². The molecule has 1 heterocycles. The van der Waals surface area contributed by atoms with Crippen molar-refractivity contribution < 1.29 is 4.39 Å². The highest BCUT2D eigenvalue weighted by Crippen LogP contribution is 2.17. The second-order valence-electron chi connectivity index (χ2n) is 3.53. The van der Waals surface area contributed by atoms with Crippen molar-refractivity contribution in [1.82, 2.24) is 10.2 Å². The summed E-state index contributed by atoms with van der Waals surface area (Å²) in [5.41, 5.74) is 0.880. The number of benzene rings is 1. The highest BCUT2D eigenvalue weighted by molar-refractivity contribution is 5.36. The van der Waals surface area contributed by atoms with Crippen LogP contribution in [-0.2, 0) is 0 Å². The fourth-order valence-electron chi connectivity index (χ4n) is 1.46. The molecule has 82 valence electrons. The Morgan fingerprint density at radius 1 is 1.25 bits per heavy atom. The van der Waals surface area contributed by atoms with Crippen LogP contribution in [-0.4, -0.2) is 10.2 Å². The zero-order valence-corrected chi connectivity index (χ0v) is 8.89. The molecule has 1 unspecified atom stereocenters.